The van der Waals surface area contributed by atoms with Gasteiger partial charge < -0.3 is 15.2 Å². The van der Waals surface area contributed by atoms with Crippen LogP contribution in [0.15, 0.2) is 41.3 Å². The maximum Gasteiger partial charge on any atom is 0.294 e. The summed E-state index contributed by atoms with van der Waals surface area (Å²) in [5.74, 6) is -1.19. The molecule has 2 aromatic rings. The van der Waals surface area contributed by atoms with Crippen LogP contribution in [0.25, 0.3) is 6.08 Å². The number of phenols is 1. The highest BCUT2D eigenvalue weighted by Crippen LogP contribution is 2.38. The first-order valence-corrected chi connectivity index (χ1v) is 9.66. The second kappa shape index (κ2) is 8.59. The van der Waals surface area contributed by atoms with Crippen molar-refractivity contribution in [2.75, 3.05) is 19.0 Å². The zero-order valence-electron chi connectivity index (χ0n) is 15.6. The molecular weight excluding hydrogens is 416 g/mol. The lowest BCUT2D eigenvalue weighted by molar-refractivity contribution is -0.127. The number of thioether (sulfide) groups is 1. The van der Waals surface area contributed by atoms with Crippen molar-refractivity contribution in [2.24, 2.45) is 0 Å². The van der Waals surface area contributed by atoms with E-state index in [0.29, 0.717) is 22.5 Å². The molecule has 0 aromatic heterocycles. The maximum absolute atomic E-state index is 12.6. The van der Waals surface area contributed by atoms with Crippen molar-refractivity contribution >= 4 is 52.2 Å². The fraction of sp³-hybridized carbons (Fsp3) is 0.150. The third kappa shape index (κ3) is 4.72. The van der Waals surface area contributed by atoms with Crippen molar-refractivity contribution < 1.29 is 24.2 Å². The highest BCUT2D eigenvalue weighted by atomic mass is 35.5. The largest absolute Gasteiger partial charge is 0.504 e. The molecule has 0 unspecified atom stereocenters. The standard InChI is InChI=1S/C20H17ClN2O5S/c1-11-4-3-5-14(6-11)22-17(24)10-23-19(26)16(29-20(23)27)8-12-7-13(21)9-15(28-2)18(12)25/h3-9,25H,10H2,1-2H3,(H,22,24)/b16-8-. The van der Waals surface area contributed by atoms with Crippen LogP contribution in [-0.4, -0.2) is 40.7 Å². The van der Waals surface area contributed by atoms with Crippen LogP contribution in [0.1, 0.15) is 11.1 Å². The Balaban J connectivity index is 1.77. The Morgan fingerprint density at radius 1 is 1.31 bits per heavy atom. The number of methoxy groups -OCH3 is 1. The molecule has 0 radical (unpaired) electrons. The number of hydrogen-bond acceptors (Lipinski definition) is 6. The van der Waals surface area contributed by atoms with Crippen molar-refractivity contribution in [3.63, 3.8) is 0 Å². The van der Waals surface area contributed by atoms with Crippen molar-refractivity contribution in [1.29, 1.82) is 0 Å². The second-order valence-electron chi connectivity index (χ2n) is 6.23. The molecule has 0 spiro atoms. The molecule has 1 aliphatic rings. The summed E-state index contributed by atoms with van der Waals surface area (Å²) >= 11 is 6.67. The fourth-order valence-electron chi connectivity index (χ4n) is 2.70. The number of phenolic OH excluding ortho intramolecular Hbond substituents is 1. The zero-order chi connectivity index (χ0) is 21.1. The van der Waals surface area contributed by atoms with Crippen molar-refractivity contribution in [1.82, 2.24) is 4.90 Å². The van der Waals surface area contributed by atoms with Gasteiger partial charge in [0, 0.05) is 22.3 Å². The summed E-state index contributed by atoms with van der Waals surface area (Å²) in [5.41, 5.74) is 1.77. The molecule has 1 fully saturated rings. The molecule has 1 aliphatic heterocycles. The number of halogens is 1. The van der Waals surface area contributed by atoms with E-state index >= 15 is 0 Å². The van der Waals surface area contributed by atoms with Gasteiger partial charge in [-0.1, -0.05) is 23.7 Å². The number of aromatic hydroxyl groups is 1. The lowest BCUT2D eigenvalue weighted by Gasteiger charge is -2.12. The third-order valence-corrected chi connectivity index (χ3v) is 5.18. The van der Waals surface area contributed by atoms with E-state index in [9.17, 15) is 19.5 Å². The van der Waals surface area contributed by atoms with Crippen LogP contribution in [0.3, 0.4) is 0 Å². The number of anilines is 1. The number of amides is 3. The first kappa shape index (κ1) is 20.8. The molecule has 0 saturated carbocycles. The summed E-state index contributed by atoms with van der Waals surface area (Å²) in [6.45, 7) is 1.47. The molecule has 2 N–H and O–H groups in total. The summed E-state index contributed by atoms with van der Waals surface area (Å²) < 4.78 is 5.03. The van der Waals surface area contributed by atoms with Gasteiger partial charge in [0.15, 0.2) is 11.5 Å². The van der Waals surface area contributed by atoms with E-state index in [4.69, 9.17) is 16.3 Å². The summed E-state index contributed by atoms with van der Waals surface area (Å²) in [6, 6.07) is 10.0. The molecule has 1 saturated heterocycles. The number of rotatable bonds is 5. The number of nitrogens with one attached hydrogen (secondary N) is 1. The molecule has 0 aliphatic carbocycles. The van der Waals surface area contributed by atoms with Gasteiger partial charge in [-0.15, -0.1) is 0 Å². The number of hydrogen-bond donors (Lipinski definition) is 2. The number of benzene rings is 2. The third-order valence-electron chi connectivity index (χ3n) is 4.05. The van der Waals surface area contributed by atoms with Gasteiger partial charge in [-0.2, -0.15) is 0 Å². The zero-order valence-corrected chi connectivity index (χ0v) is 17.1. The Morgan fingerprint density at radius 2 is 2.07 bits per heavy atom. The molecule has 2 aromatic carbocycles. The number of nitrogens with zero attached hydrogens (tertiary/aromatic N) is 1. The van der Waals surface area contributed by atoms with Gasteiger partial charge in [0.1, 0.15) is 6.54 Å². The van der Waals surface area contributed by atoms with Crippen molar-refractivity contribution in [3.05, 3.63) is 57.5 Å². The van der Waals surface area contributed by atoms with Gasteiger partial charge in [0.05, 0.1) is 12.0 Å². The highest BCUT2D eigenvalue weighted by molar-refractivity contribution is 8.18. The molecule has 7 nitrogen and oxygen atoms in total. The van der Waals surface area contributed by atoms with Gasteiger partial charge in [-0.25, -0.2) is 0 Å². The van der Waals surface area contributed by atoms with Crippen LogP contribution in [-0.2, 0) is 9.59 Å². The van der Waals surface area contributed by atoms with Gasteiger partial charge in [0.25, 0.3) is 11.1 Å². The fourth-order valence-corrected chi connectivity index (χ4v) is 3.75. The number of carbonyl (C=O) groups excluding carboxylic acids is 3. The smallest absolute Gasteiger partial charge is 0.294 e. The predicted molar refractivity (Wildman–Crippen MR) is 112 cm³/mol. The van der Waals surface area contributed by atoms with Crippen LogP contribution >= 0.6 is 23.4 Å². The van der Waals surface area contributed by atoms with Crippen molar-refractivity contribution in [3.8, 4) is 11.5 Å². The number of imide groups is 1. The number of carbonyl (C=O) groups is 3. The summed E-state index contributed by atoms with van der Waals surface area (Å²) in [4.78, 5) is 38.0. The Bertz CT molecular complexity index is 1040. The van der Waals surface area contributed by atoms with Crippen LogP contribution in [0.5, 0.6) is 11.5 Å². The van der Waals surface area contributed by atoms with Gasteiger partial charge in [0.2, 0.25) is 5.91 Å². The molecule has 3 rings (SSSR count). The van der Waals surface area contributed by atoms with Gasteiger partial charge in [-0.3, -0.25) is 19.3 Å². The van der Waals surface area contributed by atoms with E-state index in [1.807, 2.05) is 13.0 Å². The van der Waals surface area contributed by atoms with E-state index < -0.39 is 23.6 Å². The molecule has 3 amide bonds. The minimum atomic E-state index is -0.627. The average Bonchev–Trinajstić information content (AvgIpc) is 2.91. The normalized spacial score (nSPS) is 15.1. The quantitative estimate of drug-likeness (QED) is 0.692. The predicted octanol–water partition coefficient (Wildman–Crippen LogP) is 4.04. The van der Waals surface area contributed by atoms with E-state index in [1.54, 1.807) is 18.2 Å². The lowest BCUT2D eigenvalue weighted by Crippen LogP contribution is -2.36. The number of aryl methyl sites for hydroxylation is 1. The Morgan fingerprint density at radius 3 is 2.76 bits per heavy atom. The minimum absolute atomic E-state index is 0.0676. The first-order valence-electron chi connectivity index (χ1n) is 8.47. The van der Waals surface area contributed by atoms with E-state index in [2.05, 4.69) is 5.32 Å². The molecular formula is C20H17ClN2O5S. The summed E-state index contributed by atoms with van der Waals surface area (Å²) in [6.07, 6.45) is 1.34. The lowest BCUT2D eigenvalue weighted by atomic mass is 10.1. The van der Waals surface area contributed by atoms with E-state index in [0.717, 1.165) is 10.5 Å². The molecule has 0 atom stereocenters. The van der Waals surface area contributed by atoms with Crippen molar-refractivity contribution in [2.45, 2.75) is 6.92 Å². The Hall–Kier alpha value is -2.97. The second-order valence-corrected chi connectivity index (χ2v) is 7.66. The summed E-state index contributed by atoms with van der Waals surface area (Å²) in [7, 11) is 1.37. The molecule has 0 bridgehead atoms. The van der Waals surface area contributed by atoms with Crippen LogP contribution in [0.2, 0.25) is 5.02 Å². The van der Waals surface area contributed by atoms with Crippen LogP contribution in [0, 0.1) is 6.92 Å². The van der Waals surface area contributed by atoms with Gasteiger partial charge in [-0.05, 0) is 48.5 Å². The average molecular weight is 433 g/mol. The first-order chi connectivity index (χ1) is 13.8. The minimum Gasteiger partial charge on any atom is -0.504 e. The van der Waals surface area contributed by atoms with Crippen LogP contribution in [0.4, 0.5) is 10.5 Å². The molecule has 150 valence electrons. The topological polar surface area (TPSA) is 95.9 Å². The highest BCUT2D eigenvalue weighted by Gasteiger charge is 2.36. The maximum atomic E-state index is 12.6. The van der Waals surface area contributed by atoms with Gasteiger partial charge >= 0.3 is 0 Å². The van der Waals surface area contributed by atoms with Crippen LogP contribution < -0.4 is 10.1 Å². The monoisotopic (exact) mass is 432 g/mol. The Kier molecular flexibility index (Phi) is 6.14. The Labute approximate surface area is 176 Å². The molecule has 1 heterocycles. The molecule has 9 heteroatoms. The summed E-state index contributed by atoms with van der Waals surface area (Å²) in [5, 5.41) is 12.6. The SMILES string of the molecule is COc1cc(Cl)cc(/C=C2\SC(=O)N(CC(=O)Nc3cccc(C)c3)C2=O)c1O. The van der Waals surface area contributed by atoms with E-state index in [1.165, 1.54) is 25.3 Å². The molecule has 29 heavy (non-hydrogen) atoms. The van der Waals surface area contributed by atoms with E-state index in [-0.39, 0.29) is 22.0 Å². The number of ether oxygens (including phenoxy) is 1.